The van der Waals surface area contributed by atoms with E-state index in [9.17, 15) is 4.79 Å². The monoisotopic (exact) mass is 321 g/mol. The van der Waals surface area contributed by atoms with Gasteiger partial charge in [0, 0.05) is 6.08 Å². The fourth-order valence-electron chi connectivity index (χ4n) is 1.61. The highest BCUT2D eigenvalue weighted by Gasteiger charge is 2.02. The highest BCUT2D eigenvalue weighted by Crippen LogP contribution is 2.26. The summed E-state index contributed by atoms with van der Waals surface area (Å²) in [6.07, 6.45) is 2.91. The van der Waals surface area contributed by atoms with E-state index in [1.165, 1.54) is 6.08 Å². The highest BCUT2D eigenvalue weighted by atomic mass is 35.5. The van der Waals surface area contributed by atoms with Crippen LogP contribution in [0.4, 0.5) is 0 Å². The molecular weight excluding hydrogens is 309 g/mol. The first-order chi connectivity index (χ1) is 10.2. The molecule has 3 nitrogen and oxygen atoms in total. The number of hydrogen-bond donors (Lipinski definition) is 1. The van der Waals surface area contributed by atoms with Crippen molar-refractivity contribution in [3.8, 4) is 0 Å². The number of rotatable bonds is 5. The lowest BCUT2D eigenvalue weighted by Gasteiger charge is -2.03. The summed E-state index contributed by atoms with van der Waals surface area (Å²) in [5, 5.41) is 0.855. The van der Waals surface area contributed by atoms with E-state index in [1.54, 1.807) is 24.3 Å². The number of halogens is 2. The molecule has 1 amide bonds. The average Bonchev–Trinajstić information content (AvgIpc) is 2.50. The van der Waals surface area contributed by atoms with Crippen molar-refractivity contribution in [1.82, 2.24) is 5.48 Å². The lowest BCUT2D eigenvalue weighted by molar-refractivity contribution is -0.129. The van der Waals surface area contributed by atoms with Crippen molar-refractivity contribution in [3.05, 3.63) is 75.8 Å². The first-order valence-electron chi connectivity index (χ1n) is 6.24. The number of hydrogen-bond acceptors (Lipinski definition) is 2. The Balaban J connectivity index is 1.84. The topological polar surface area (TPSA) is 38.3 Å². The third-order valence-electron chi connectivity index (χ3n) is 2.65. The zero-order valence-corrected chi connectivity index (χ0v) is 12.6. The number of hydroxylamine groups is 1. The van der Waals surface area contributed by atoms with E-state index >= 15 is 0 Å². The van der Waals surface area contributed by atoms with Crippen molar-refractivity contribution >= 4 is 35.2 Å². The molecule has 5 heteroatoms. The zero-order valence-electron chi connectivity index (χ0n) is 11.1. The number of carbonyl (C=O) groups excluding carboxylic acids is 1. The summed E-state index contributed by atoms with van der Waals surface area (Å²) in [6.45, 7) is 0.304. The SMILES string of the molecule is O=C(/C=C/c1cccc(Cl)c1Cl)NOCc1ccccc1. The van der Waals surface area contributed by atoms with Gasteiger partial charge in [-0.15, -0.1) is 0 Å². The molecule has 21 heavy (non-hydrogen) atoms. The second-order valence-electron chi connectivity index (χ2n) is 4.22. The Morgan fingerprint density at radius 1 is 1.10 bits per heavy atom. The fraction of sp³-hybridized carbons (Fsp3) is 0.0625. The van der Waals surface area contributed by atoms with Crippen molar-refractivity contribution in [2.45, 2.75) is 6.61 Å². The molecule has 0 spiro atoms. The van der Waals surface area contributed by atoms with Gasteiger partial charge in [0.1, 0.15) is 0 Å². The van der Waals surface area contributed by atoms with E-state index < -0.39 is 0 Å². The third-order valence-corrected chi connectivity index (χ3v) is 3.48. The molecular formula is C16H13Cl2NO2. The molecule has 0 heterocycles. The van der Waals surface area contributed by atoms with Crippen LogP contribution in [0.3, 0.4) is 0 Å². The Bertz CT molecular complexity index is 642. The van der Waals surface area contributed by atoms with Crippen LogP contribution in [0.15, 0.2) is 54.6 Å². The van der Waals surface area contributed by atoms with Crippen LogP contribution < -0.4 is 5.48 Å². The molecule has 0 aliphatic heterocycles. The Kier molecular flexibility index (Phi) is 5.81. The quantitative estimate of drug-likeness (QED) is 0.660. The maximum absolute atomic E-state index is 11.6. The van der Waals surface area contributed by atoms with Gasteiger partial charge < -0.3 is 0 Å². The Hall–Kier alpha value is -1.81. The molecule has 0 saturated carbocycles. The number of amides is 1. The Morgan fingerprint density at radius 2 is 1.86 bits per heavy atom. The minimum absolute atomic E-state index is 0.304. The predicted octanol–water partition coefficient (Wildman–Crippen LogP) is 4.25. The molecule has 0 radical (unpaired) electrons. The van der Waals surface area contributed by atoms with Gasteiger partial charge in [-0.1, -0.05) is 65.7 Å². The Labute approximate surface area is 133 Å². The third kappa shape index (κ3) is 4.90. The minimum atomic E-state index is -0.373. The van der Waals surface area contributed by atoms with Gasteiger partial charge in [-0.05, 0) is 23.3 Å². The summed E-state index contributed by atoms with van der Waals surface area (Å²) < 4.78 is 0. The van der Waals surface area contributed by atoms with Crippen LogP contribution in [-0.2, 0) is 16.2 Å². The van der Waals surface area contributed by atoms with Crippen molar-refractivity contribution < 1.29 is 9.63 Å². The van der Waals surface area contributed by atoms with Gasteiger partial charge in [-0.25, -0.2) is 5.48 Å². The van der Waals surface area contributed by atoms with Gasteiger partial charge in [0.05, 0.1) is 16.7 Å². The molecule has 2 rings (SSSR count). The first-order valence-corrected chi connectivity index (χ1v) is 7.00. The molecule has 0 atom stereocenters. The van der Waals surface area contributed by atoms with Gasteiger partial charge in [0.2, 0.25) is 0 Å². The minimum Gasteiger partial charge on any atom is -0.269 e. The Morgan fingerprint density at radius 3 is 2.62 bits per heavy atom. The molecule has 0 aliphatic rings. The van der Waals surface area contributed by atoms with Crippen LogP contribution in [0.25, 0.3) is 6.08 Å². The normalized spacial score (nSPS) is 10.8. The second kappa shape index (κ2) is 7.84. The smallest absolute Gasteiger partial charge is 0.267 e. The van der Waals surface area contributed by atoms with Gasteiger partial charge in [-0.2, -0.15) is 0 Å². The molecule has 2 aromatic rings. The average molecular weight is 322 g/mol. The van der Waals surface area contributed by atoms with Crippen LogP contribution in [0, 0.1) is 0 Å². The molecule has 0 fully saturated rings. The number of carbonyl (C=O) groups is 1. The van der Waals surface area contributed by atoms with Crippen molar-refractivity contribution in [3.63, 3.8) is 0 Å². The van der Waals surface area contributed by atoms with Crippen LogP contribution >= 0.6 is 23.2 Å². The summed E-state index contributed by atoms with van der Waals surface area (Å²) in [7, 11) is 0. The summed E-state index contributed by atoms with van der Waals surface area (Å²) in [5.74, 6) is -0.373. The molecule has 2 aromatic carbocycles. The fourth-order valence-corrected chi connectivity index (χ4v) is 1.98. The highest BCUT2D eigenvalue weighted by molar-refractivity contribution is 6.42. The number of nitrogens with one attached hydrogen (secondary N) is 1. The number of benzene rings is 2. The summed E-state index contributed by atoms with van der Waals surface area (Å²) in [6, 6.07) is 14.8. The maximum Gasteiger partial charge on any atom is 0.267 e. The second-order valence-corrected chi connectivity index (χ2v) is 5.00. The van der Waals surface area contributed by atoms with Crippen LogP contribution in [-0.4, -0.2) is 5.91 Å². The van der Waals surface area contributed by atoms with E-state index in [2.05, 4.69) is 5.48 Å². The van der Waals surface area contributed by atoms with Crippen LogP contribution in [0.5, 0.6) is 0 Å². The lowest BCUT2D eigenvalue weighted by atomic mass is 10.2. The lowest BCUT2D eigenvalue weighted by Crippen LogP contribution is -2.21. The van der Waals surface area contributed by atoms with E-state index in [-0.39, 0.29) is 5.91 Å². The molecule has 108 valence electrons. The van der Waals surface area contributed by atoms with Gasteiger partial charge in [0.15, 0.2) is 0 Å². The molecule has 1 N–H and O–H groups in total. The molecule has 0 saturated heterocycles. The van der Waals surface area contributed by atoms with Gasteiger partial charge in [0.25, 0.3) is 5.91 Å². The van der Waals surface area contributed by atoms with Crippen LogP contribution in [0.1, 0.15) is 11.1 Å². The van der Waals surface area contributed by atoms with E-state index in [1.807, 2.05) is 30.3 Å². The molecule has 0 aromatic heterocycles. The standard InChI is InChI=1S/C16H13Cl2NO2/c17-14-8-4-7-13(16(14)18)9-10-15(20)19-21-11-12-5-2-1-3-6-12/h1-10H,11H2,(H,19,20)/b10-9+. The summed E-state index contributed by atoms with van der Waals surface area (Å²) in [5.41, 5.74) is 3.97. The predicted molar refractivity (Wildman–Crippen MR) is 84.9 cm³/mol. The first kappa shape index (κ1) is 15.6. The van der Waals surface area contributed by atoms with E-state index in [0.717, 1.165) is 5.56 Å². The summed E-state index contributed by atoms with van der Waals surface area (Å²) >= 11 is 11.9. The molecule has 0 unspecified atom stereocenters. The summed E-state index contributed by atoms with van der Waals surface area (Å²) in [4.78, 5) is 16.7. The van der Waals surface area contributed by atoms with E-state index in [4.69, 9.17) is 28.0 Å². The largest absolute Gasteiger partial charge is 0.269 e. The van der Waals surface area contributed by atoms with Gasteiger partial charge in [-0.3, -0.25) is 9.63 Å². The van der Waals surface area contributed by atoms with Crippen molar-refractivity contribution in [1.29, 1.82) is 0 Å². The molecule has 0 aliphatic carbocycles. The van der Waals surface area contributed by atoms with Crippen molar-refractivity contribution in [2.75, 3.05) is 0 Å². The maximum atomic E-state index is 11.6. The van der Waals surface area contributed by atoms with Crippen molar-refractivity contribution in [2.24, 2.45) is 0 Å². The van der Waals surface area contributed by atoms with E-state index in [0.29, 0.717) is 22.2 Å². The zero-order chi connectivity index (χ0) is 15.1. The van der Waals surface area contributed by atoms with Gasteiger partial charge >= 0.3 is 0 Å². The molecule has 0 bridgehead atoms. The van der Waals surface area contributed by atoms with Crippen LogP contribution in [0.2, 0.25) is 10.0 Å².